The van der Waals surface area contributed by atoms with E-state index < -0.39 is 27.6 Å². The zero-order chi connectivity index (χ0) is 22.6. The maximum atomic E-state index is 14.7. The number of sulfone groups is 1. The van der Waals surface area contributed by atoms with Gasteiger partial charge in [0, 0.05) is 28.8 Å². The lowest BCUT2D eigenvalue weighted by atomic mass is 10.0. The number of halogens is 2. The minimum Gasteiger partial charge on any atom is -0.481 e. The van der Waals surface area contributed by atoms with Crippen LogP contribution in [0.3, 0.4) is 0 Å². The van der Waals surface area contributed by atoms with Crippen LogP contribution in [0.25, 0.3) is 5.52 Å². The highest BCUT2D eigenvalue weighted by Crippen LogP contribution is 2.50. The minimum absolute atomic E-state index is 0.0966. The lowest BCUT2D eigenvalue weighted by molar-refractivity contribution is -0.136. The molecule has 1 aromatic carbocycles. The van der Waals surface area contributed by atoms with Gasteiger partial charge in [0.25, 0.3) is 5.92 Å². The van der Waals surface area contributed by atoms with E-state index in [2.05, 4.69) is 0 Å². The molecule has 0 saturated heterocycles. The fraction of sp³-hybridized carbons (Fsp3) is 0.318. The number of carboxylic acids is 1. The number of nitrogens with zero attached hydrogens (tertiary/aromatic N) is 1. The molecule has 0 unspecified atom stereocenters. The van der Waals surface area contributed by atoms with Crippen molar-refractivity contribution in [3.63, 3.8) is 0 Å². The summed E-state index contributed by atoms with van der Waals surface area (Å²) >= 11 is 1.33. The maximum absolute atomic E-state index is 14.7. The van der Waals surface area contributed by atoms with E-state index in [1.807, 2.05) is 0 Å². The van der Waals surface area contributed by atoms with Gasteiger partial charge in [-0.15, -0.1) is 0 Å². The fourth-order valence-electron chi connectivity index (χ4n) is 3.67. The second-order valence-electron chi connectivity index (χ2n) is 7.89. The average molecular weight is 466 g/mol. The predicted molar refractivity (Wildman–Crippen MR) is 114 cm³/mol. The molecule has 2 heterocycles. The quantitative estimate of drug-likeness (QED) is 0.535. The standard InChI is InChI=1S/C22H21F2NO4S2/c1-13-18(12-20(26)27)19-11-15(22(23,24)14-3-4-14)9-10-25(19)21(13)30-16-5-7-17(8-6-16)31(2,28)29/h5-11,14H,3-4,12H2,1-2H3,(H,26,27). The summed E-state index contributed by atoms with van der Waals surface area (Å²) in [7, 11) is -3.32. The monoisotopic (exact) mass is 465 g/mol. The first-order valence-electron chi connectivity index (χ1n) is 9.70. The summed E-state index contributed by atoms with van der Waals surface area (Å²) in [6.45, 7) is 1.77. The Kier molecular flexibility index (Phi) is 5.37. The van der Waals surface area contributed by atoms with Gasteiger partial charge in [-0.25, -0.2) is 17.2 Å². The van der Waals surface area contributed by atoms with Gasteiger partial charge in [-0.2, -0.15) is 0 Å². The zero-order valence-corrected chi connectivity index (χ0v) is 18.6. The Morgan fingerprint density at radius 3 is 2.42 bits per heavy atom. The van der Waals surface area contributed by atoms with Crippen molar-refractivity contribution >= 4 is 33.1 Å². The lowest BCUT2D eigenvalue weighted by Gasteiger charge is -2.16. The lowest BCUT2D eigenvalue weighted by Crippen LogP contribution is -2.16. The van der Waals surface area contributed by atoms with Crippen LogP contribution in [0.4, 0.5) is 8.78 Å². The average Bonchev–Trinajstić information content (AvgIpc) is 3.52. The van der Waals surface area contributed by atoms with Crippen molar-refractivity contribution in [2.45, 2.75) is 46.9 Å². The van der Waals surface area contributed by atoms with Gasteiger partial charge in [0.2, 0.25) is 0 Å². The molecule has 0 aliphatic heterocycles. The first kappa shape index (κ1) is 21.8. The van der Waals surface area contributed by atoms with Gasteiger partial charge >= 0.3 is 5.97 Å². The highest BCUT2D eigenvalue weighted by molar-refractivity contribution is 7.99. The number of aromatic nitrogens is 1. The summed E-state index contributed by atoms with van der Waals surface area (Å²) in [5, 5.41) is 10.1. The van der Waals surface area contributed by atoms with Gasteiger partial charge < -0.3 is 9.51 Å². The van der Waals surface area contributed by atoms with E-state index in [9.17, 15) is 27.1 Å². The Balaban J connectivity index is 1.79. The van der Waals surface area contributed by atoms with E-state index in [0.717, 1.165) is 11.2 Å². The van der Waals surface area contributed by atoms with Gasteiger partial charge in [0.05, 0.1) is 21.9 Å². The third kappa shape index (κ3) is 4.21. The highest BCUT2D eigenvalue weighted by atomic mass is 32.2. The van der Waals surface area contributed by atoms with E-state index in [1.54, 1.807) is 29.7 Å². The summed E-state index contributed by atoms with van der Waals surface area (Å²) < 4.78 is 54.4. The van der Waals surface area contributed by atoms with Crippen LogP contribution in [-0.2, 0) is 27.0 Å². The van der Waals surface area contributed by atoms with Crippen LogP contribution in [0.15, 0.2) is 57.4 Å². The topological polar surface area (TPSA) is 75.8 Å². The Bertz CT molecular complexity index is 1280. The van der Waals surface area contributed by atoms with E-state index in [0.29, 0.717) is 34.5 Å². The third-order valence-electron chi connectivity index (χ3n) is 5.53. The molecule has 0 radical (unpaired) electrons. The number of aliphatic carboxylic acids is 1. The third-order valence-corrected chi connectivity index (χ3v) is 7.86. The SMILES string of the molecule is Cc1c(CC(=O)O)c2cc(C(F)(F)C3CC3)ccn2c1Sc1ccc(S(C)(=O)=O)cc1. The van der Waals surface area contributed by atoms with Crippen LogP contribution in [0.1, 0.15) is 29.5 Å². The first-order valence-corrected chi connectivity index (χ1v) is 12.4. The molecule has 1 aliphatic carbocycles. The molecule has 3 aromatic rings. The molecule has 0 spiro atoms. The Hall–Kier alpha value is -2.39. The molecule has 1 saturated carbocycles. The Labute approximate surface area is 183 Å². The molecule has 9 heteroatoms. The Morgan fingerprint density at radius 2 is 1.87 bits per heavy atom. The van der Waals surface area contributed by atoms with Crippen LogP contribution in [0.5, 0.6) is 0 Å². The molecule has 31 heavy (non-hydrogen) atoms. The maximum Gasteiger partial charge on any atom is 0.307 e. The Morgan fingerprint density at radius 1 is 1.23 bits per heavy atom. The second-order valence-corrected chi connectivity index (χ2v) is 11.0. The van der Waals surface area contributed by atoms with E-state index in [4.69, 9.17) is 0 Å². The number of fused-ring (bicyclic) bond motifs is 1. The summed E-state index contributed by atoms with van der Waals surface area (Å²) in [5.41, 5.74) is 1.55. The van der Waals surface area contributed by atoms with Crippen molar-refractivity contribution < 1.29 is 27.1 Å². The molecule has 164 valence electrons. The van der Waals surface area contributed by atoms with Gasteiger partial charge in [0.1, 0.15) is 0 Å². The van der Waals surface area contributed by atoms with Crippen LogP contribution in [0.2, 0.25) is 0 Å². The van der Waals surface area contributed by atoms with Gasteiger partial charge in [-0.3, -0.25) is 4.79 Å². The van der Waals surface area contributed by atoms with Crippen molar-refractivity contribution in [1.29, 1.82) is 0 Å². The number of carbonyl (C=O) groups is 1. The van der Waals surface area contributed by atoms with Crippen LogP contribution in [0, 0.1) is 12.8 Å². The predicted octanol–water partition coefficient (Wildman–Crippen LogP) is 4.93. The number of hydrogen-bond donors (Lipinski definition) is 1. The fourth-order valence-corrected chi connectivity index (χ4v) is 5.33. The number of benzene rings is 1. The van der Waals surface area contributed by atoms with Gasteiger partial charge in [0.15, 0.2) is 9.84 Å². The van der Waals surface area contributed by atoms with Crippen molar-refractivity contribution in [2.75, 3.05) is 6.26 Å². The normalized spacial score (nSPS) is 14.8. The van der Waals surface area contributed by atoms with Crippen LogP contribution < -0.4 is 0 Å². The molecular weight excluding hydrogens is 444 g/mol. The number of rotatable bonds is 7. The zero-order valence-electron chi connectivity index (χ0n) is 16.9. The molecular formula is C22H21F2NO4S2. The largest absolute Gasteiger partial charge is 0.481 e. The van der Waals surface area contributed by atoms with Gasteiger partial charge in [-0.05, 0) is 67.3 Å². The minimum atomic E-state index is -3.32. The van der Waals surface area contributed by atoms with Crippen molar-refractivity contribution in [3.05, 3.63) is 59.3 Å². The molecule has 4 rings (SSSR count). The van der Waals surface area contributed by atoms with E-state index in [-0.39, 0.29) is 16.9 Å². The van der Waals surface area contributed by atoms with Gasteiger partial charge in [-0.1, -0.05) is 11.8 Å². The molecule has 0 amide bonds. The summed E-state index contributed by atoms with van der Waals surface area (Å²) in [6, 6.07) is 9.16. The van der Waals surface area contributed by atoms with Crippen molar-refractivity contribution in [3.8, 4) is 0 Å². The van der Waals surface area contributed by atoms with Crippen molar-refractivity contribution in [2.24, 2.45) is 5.92 Å². The van der Waals surface area contributed by atoms with E-state index in [1.165, 1.54) is 36.0 Å². The van der Waals surface area contributed by atoms with Crippen molar-refractivity contribution in [1.82, 2.24) is 4.40 Å². The number of hydrogen-bond acceptors (Lipinski definition) is 4. The smallest absolute Gasteiger partial charge is 0.307 e. The summed E-state index contributed by atoms with van der Waals surface area (Å²) in [4.78, 5) is 12.4. The number of pyridine rings is 1. The second kappa shape index (κ2) is 7.63. The highest BCUT2D eigenvalue weighted by Gasteiger charge is 2.48. The first-order chi connectivity index (χ1) is 14.5. The summed E-state index contributed by atoms with van der Waals surface area (Å²) in [6.07, 6.45) is 3.40. The number of alkyl halides is 2. The summed E-state index contributed by atoms with van der Waals surface area (Å²) in [5.74, 6) is -4.63. The molecule has 2 aromatic heterocycles. The van der Waals surface area contributed by atoms with E-state index >= 15 is 0 Å². The molecule has 5 nitrogen and oxygen atoms in total. The molecule has 1 N–H and O–H groups in total. The molecule has 1 fully saturated rings. The molecule has 0 atom stereocenters. The molecule has 1 aliphatic rings. The molecule has 0 bridgehead atoms. The number of carboxylic acid groups (broad SMARTS) is 1. The van der Waals surface area contributed by atoms with Crippen LogP contribution in [-0.4, -0.2) is 30.2 Å². The van der Waals surface area contributed by atoms with Crippen LogP contribution >= 0.6 is 11.8 Å².